The molecule has 3 N–H and O–H groups in total. The third-order valence-electron chi connectivity index (χ3n) is 0.118. The summed E-state index contributed by atoms with van der Waals surface area (Å²) in [5.41, 5.74) is 4.50. The summed E-state index contributed by atoms with van der Waals surface area (Å²) in [5, 5.41) is 2.25. The Morgan fingerprint density at radius 1 is 1.56 bits per heavy atom. The average molecular weight is 551 g/mol. The molecule has 0 aromatic heterocycles. The van der Waals surface area contributed by atoms with Crippen LogP contribution in [0, 0.1) is 0 Å². The molecule has 0 aliphatic heterocycles. The molecule has 0 unspecified atom stereocenters. The second-order valence-corrected chi connectivity index (χ2v) is 28.6. The number of carbonyl (C=O) groups excluding carboxylic acids is 1. The molecule has 0 bridgehead atoms. The summed E-state index contributed by atoms with van der Waals surface area (Å²) in [6, 6.07) is 0. The quantitative estimate of drug-likeness (QED) is 0.281. The van der Waals surface area contributed by atoms with Crippen molar-refractivity contribution in [2.24, 2.45) is 5.73 Å². The fourth-order valence-electron chi connectivity index (χ4n) is 0. The Labute approximate surface area is 86.0 Å². The van der Waals surface area contributed by atoms with Crippen molar-refractivity contribution in [2.45, 2.75) is 0 Å². The molecule has 0 rings (SSSR count). The molecule has 9 heavy (non-hydrogen) atoms. The number of hydrogen-bond donors (Lipinski definition) is 2. The Kier molecular flexibility index (Phi) is 62.4. The molecule has 56 valence electrons. The van der Waals surface area contributed by atoms with Gasteiger partial charge >= 0.3 is 51.2 Å². The van der Waals surface area contributed by atoms with E-state index < -0.39 is 0 Å². The molecule has 3 nitrogen and oxygen atoms in total. The molecule has 0 aliphatic rings. The van der Waals surface area contributed by atoms with Gasteiger partial charge in [-0.15, -0.1) is 0 Å². The van der Waals surface area contributed by atoms with Crippen LogP contribution in [0.25, 0.3) is 0 Å². The van der Waals surface area contributed by atoms with Crippen LogP contribution >= 0.6 is 35.5 Å². The number of halogens is 2. The van der Waals surface area contributed by atoms with Crippen molar-refractivity contribution in [1.82, 2.24) is 5.32 Å². The Hall–Kier alpha value is 1.81. The van der Waals surface area contributed by atoms with Crippen molar-refractivity contribution >= 4 is 57.6 Å². The van der Waals surface area contributed by atoms with E-state index in [0.29, 0.717) is 6.41 Å². The zero-order valence-corrected chi connectivity index (χ0v) is 13.5. The molecule has 1 amide bonds. The Bertz CT molecular complexity index is 41.0. The second kappa shape index (κ2) is 32.9. The van der Waals surface area contributed by atoms with Crippen LogP contribution in [-0.4, -0.2) is 36.2 Å². The monoisotopic (exact) mass is 552 g/mol. The molecule has 0 aliphatic carbocycles. The molecule has 0 spiro atoms. The van der Waals surface area contributed by atoms with E-state index in [-0.39, 0.29) is 15.6 Å². The number of rotatable bonds is 1. The fourth-order valence-corrected chi connectivity index (χ4v) is 0. The van der Waals surface area contributed by atoms with Gasteiger partial charge in [0.25, 0.3) is 0 Å². The van der Waals surface area contributed by atoms with Crippen molar-refractivity contribution in [2.75, 3.05) is 14.1 Å². The van der Waals surface area contributed by atoms with Crippen molar-refractivity contribution in [3.63, 3.8) is 0 Å². The Morgan fingerprint density at radius 3 is 1.67 bits per heavy atom. The molecular weight excluding hydrogens is 541 g/mol. The first-order valence-corrected chi connectivity index (χ1v) is 23.9. The third kappa shape index (κ3) is 75.7. The molecule has 0 aromatic rings. The van der Waals surface area contributed by atoms with Gasteiger partial charge in [0, 0.05) is 7.05 Å². The van der Waals surface area contributed by atoms with Crippen LogP contribution in [0.3, 0.4) is 0 Å². The molecule has 0 heterocycles. The summed E-state index contributed by atoms with van der Waals surface area (Å²) < 4.78 is 0. The van der Waals surface area contributed by atoms with Crippen LogP contribution in [0.1, 0.15) is 0 Å². The predicted octanol–water partition coefficient (Wildman–Crippen LogP) is 0.328. The van der Waals surface area contributed by atoms with Gasteiger partial charge in [-0.2, -0.15) is 0 Å². The fraction of sp³-hybridized carbons (Fsp3) is 0.667. The summed E-state index contributed by atoms with van der Waals surface area (Å²) >= 11 is 4.96. The van der Waals surface area contributed by atoms with E-state index in [1.807, 2.05) is 0 Å². The van der Waals surface area contributed by atoms with Gasteiger partial charge in [0.05, 0.1) is 0 Å². The van der Waals surface area contributed by atoms with Gasteiger partial charge in [0.1, 0.15) is 0 Å². The minimum atomic E-state index is 0.0233. The van der Waals surface area contributed by atoms with E-state index in [1.54, 1.807) is 7.05 Å². The minimum absolute atomic E-state index is 0.0233. The Balaban J connectivity index is -0.0000000646. The maximum absolute atomic E-state index is 9.06. The summed E-state index contributed by atoms with van der Waals surface area (Å²) in [4.78, 5) is 9.06. The van der Waals surface area contributed by atoms with Gasteiger partial charge < -0.3 is 11.1 Å². The van der Waals surface area contributed by atoms with E-state index in [0.717, 1.165) is 0 Å². The second-order valence-electron chi connectivity index (χ2n) is 0.478. The van der Waals surface area contributed by atoms with E-state index in [2.05, 4.69) is 46.6 Å². The van der Waals surface area contributed by atoms with Crippen molar-refractivity contribution < 1.29 is 4.79 Å². The van der Waals surface area contributed by atoms with E-state index >= 15 is 0 Å². The number of nitrogens with two attached hydrogens (primary N) is 1. The van der Waals surface area contributed by atoms with E-state index in [4.69, 9.17) is 4.79 Å². The van der Waals surface area contributed by atoms with Crippen molar-refractivity contribution in [1.29, 1.82) is 0 Å². The predicted molar refractivity (Wildman–Crippen MR) is 59.0 cm³/mol. The summed E-state index contributed by atoms with van der Waals surface area (Å²) in [6.45, 7) is 0. The average Bonchev–Trinajstić information content (AvgIpc) is 1.94. The standard InChI is InChI=1S/C2H5NO.CH5N.2HI.Pb/c1-3-2-4;1-2;;;/h2H,1H3,(H,3,4);2H2,1H3;2*1H;/q;;;;+2/p-2. The van der Waals surface area contributed by atoms with Gasteiger partial charge in [-0.1, -0.05) is 0 Å². The molecule has 0 aromatic carbocycles. The first-order chi connectivity index (χ1) is 4.33. The van der Waals surface area contributed by atoms with Crippen LogP contribution in [0.5, 0.6) is 0 Å². The van der Waals surface area contributed by atoms with Gasteiger partial charge in [-0.3, -0.25) is 4.79 Å². The maximum atomic E-state index is 9.06. The molecule has 0 saturated carbocycles. The van der Waals surface area contributed by atoms with Gasteiger partial charge in [-0.25, -0.2) is 0 Å². The topological polar surface area (TPSA) is 55.1 Å². The molecule has 2 radical (unpaired) electrons. The van der Waals surface area contributed by atoms with Crippen LogP contribution < -0.4 is 11.1 Å². The van der Waals surface area contributed by atoms with Crippen LogP contribution in [0.15, 0.2) is 0 Å². The van der Waals surface area contributed by atoms with Crippen LogP contribution in [0.2, 0.25) is 0 Å². The van der Waals surface area contributed by atoms with Crippen molar-refractivity contribution in [3.8, 4) is 0 Å². The van der Waals surface area contributed by atoms with E-state index in [1.165, 1.54) is 7.05 Å². The first kappa shape index (κ1) is 17.1. The summed E-state index contributed by atoms with van der Waals surface area (Å²) in [5.74, 6) is 0. The normalized spacial score (nSPS) is 5.00. The molecule has 6 heteroatoms. The molecule has 0 saturated heterocycles. The number of nitrogens with one attached hydrogen (secondary N) is 1. The zero-order valence-electron chi connectivity index (χ0n) is 5.32. The van der Waals surface area contributed by atoms with Gasteiger partial charge in [0.15, 0.2) is 0 Å². The van der Waals surface area contributed by atoms with Crippen LogP contribution in [0.4, 0.5) is 0 Å². The first-order valence-electron chi connectivity index (χ1n) is 1.98. The number of carbonyl (C=O) groups is 1. The number of amides is 1. The zero-order chi connectivity index (χ0) is 8.12. The van der Waals surface area contributed by atoms with E-state index in [9.17, 15) is 0 Å². The third-order valence-corrected chi connectivity index (χ3v) is 0.118. The molecule has 0 atom stereocenters. The van der Waals surface area contributed by atoms with Gasteiger partial charge in [0.2, 0.25) is 6.41 Å². The summed E-state index contributed by atoms with van der Waals surface area (Å²) in [6.07, 6.45) is 0.625. The molecule has 0 fully saturated rings. The number of hydrogen-bond acceptors (Lipinski definition) is 2. The van der Waals surface area contributed by atoms with Crippen molar-refractivity contribution in [3.05, 3.63) is 0 Å². The SMILES string of the molecule is CN.CNC=O.[I][Pb][I]. The Morgan fingerprint density at radius 2 is 1.67 bits per heavy atom. The van der Waals surface area contributed by atoms with Crippen LogP contribution in [-0.2, 0) is 4.79 Å². The molecular formula is C3H10I2N2OPb. The van der Waals surface area contributed by atoms with Gasteiger partial charge in [-0.05, 0) is 7.05 Å². The summed E-state index contributed by atoms with van der Waals surface area (Å²) in [7, 11) is 3.06.